The first kappa shape index (κ1) is 20.0. The molecule has 0 amide bonds. The highest BCUT2D eigenvalue weighted by Gasteiger charge is 2.33. The minimum Gasteiger partial charge on any atom is -0.356 e. The van der Waals surface area contributed by atoms with Gasteiger partial charge >= 0.3 is 0 Å². The van der Waals surface area contributed by atoms with E-state index in [-0.39, 0.29) is 24.0 Å². The maximum atomic E-state index is 4.29. The molecule has 2 fully saturated rings. The van der Waals surface area contributed by atoms with Crippen LogP contribution in [0.4, 0.5) is 0 Å². The van der Waals surface area contributed by atoms with E-state index in [1.54, 1.807) is 0 Å². The van der Waals surface area contributed by atoms with Crippen molar-refractivity contribution in [3.8, 4) is 0 Å². The number of halogens is 1. The van der Waals surface area contributed by atoms with Crippen molar-refractivity contribution in [1.82, 2.24) is 15.5 Å². The zero-order valence-electron chi connectivity index (χ0n) is 14.8. The van der Waals surface area contributed by atoms with Gasteiger partial charge in [-0.3, -0.25) is 4.99 Å². The van der Waals surface area contributed by atoms with Crippen molar-refractivity contribution >= 4 is 29.9 Å². The van der Waals surface area contributed by atoms with E-state index in [4.69, 9.17) is 0 Å². The first-order chi connectivity index (χ1) is 10.1. The van der Waals surface area contributed by atoms with E-state index in [9.17, 15) is 0 Å². The van der Waals surface area contributed by atoms with Gasteiger partial charge in [0.1, 0.15) is 0 Å². The fourth-order valence-corrected chi connectivity index (χ4v) is 3.54. The number of nitrogens with one attached hydrogen (secondary N) is 2. The minimum atomic E-state index is 0. The standard InChI is InChI=1S/C17H34N4.HI/c1-13-9-14(2)12-21(11-13)8-6-5-7-19-17(18-4)20-16-10-15(16)3;/h13-16H,5-12H2,1-4H3,(H2,18,19,20);1H. The molecule has 22 heavy (non-hydrogen) atoms. The number of aliphatic imine (C=N–C) groups is 1. The number of unbranched alkanes of at least 4 members (excludes halogenated alkanes) is 1. The fourth-order valence-electron chi connectivity index (χ4n) is 3.54. The predicted octanol–water partition coefficient (Wildman–Crippen LogP) is 2.94. The molecule has 5 heteroatoms. The van der Waals surface area contributed by atoms with Gasteiger partial charge in [0.05, 0.1) is 0 Å². The summed E-state index contributed by atoms with van der Waals surface area (Å²) in [5.41, 5.74) is 0. The van der Waals surface area contributed by atoms with E-state index in [2.05, 4.69) is 41.3 Å². The monoisotopic (exact) mass is 422 g/mol. The Hall–Kier alpha value is -0.0400. The van der Waals surface area contributed by atoms with Crippen LogP contribution < -0.4 is 10.6 Å². The number of hydrogen-bond donors (Lipinski definition) is 2. The Labute approximate surface area is 153 Å². The van der Waals surface area contributed by atoms with Crippen LogP contribution in [0.5, 0.6) is 0 Å². The fraction of sp³-hybridized carbons (Fsp3) is 0.941. The molecule has 130 valence electrons. The Morgan fingerprint density at radius 2 is 1.73 bits per heavy atom. The lowest BCUT2D eigenvalue weighted by Crippen LogP contribution is -2.40. The Balaban J connectivity index is 0.00000242. The lowest BCUT2D eigenvalue weighted by molar-refractivity contribution is 0.139. The molecule has 4 atom stereocenters. The van der Waals surface area contributed by atoms with Gasteiger partial charge in [-0.05, 0) is 50.0 Å². The highest BCUT2D eigenvalue weighted by molar-refractivity contribution is 14.0. The van der Waals surface area contributed by atoms with Crippen LogP contribution in [0, 0.1) is 17.8 Å². The Kier molecular flexibility index (Phi) is 9.05. The number of likely N-dealkylation sites (tertiary alicyclic amines) is 1. The predicted molar refractivity (Wildman–Crippen MR) is 106 cm³/mol. The zero-order valence-corrected chi connectivity index (χ0v) is 17.1. The largest absolute Gasteiger partial charge is 0.356 e. The van der Waals surface area contributed by atoms with E-state index in [1.807, 2.05) is 7.05 Å². The van der Waals surface area contributed by atoms with E-state index >= 15 is 0 Å². The van der Waals surface area contributed by atoms with Gasteiger partial charge in [0, 0.05) is 32.7 Å². The molecule has 0 radical (unpaired) electrons. The molecule has 1 saturated carbocycles. The quantitative estimate of drug-likeness (QED) is 0.299. The zero-order chi connectivity index (χ0) is 15.2. The molecular formula is C17H35IN4. The molecule has 0 aromatic rings. The highest BCUT2D eigenvalue weighted by atomic mass is 127. The molecule has 1 aliphatic carbocycles. The summed E-state index contributed by atoms with van der Waals surface area (Å²) in [6.45, 7) is 11.9. The highest BCUT2D eigenvalue weighted by Crippen LogP contribution is 2.28. The number of rotatable bonds is 6. The molecule has 0 aromatic heterocycles. The van der Waals surface area contributed by atoms with Crippen LogP contribution in [0.1, 0.15) is 46.5 Å². The van der Waals surface area contributed by atoms with Gasteiger partial charge < -0.3 is 15.5 Å². The van der Waals surface area contributed by atoms with Crippen LogP contribution in [0.25, 0.3) is 0 Å². The van der Waals surface area contributed by atoms with Crippen LogP contribution in [-0.2, 0) is 0 Å². The first-order valence-corrected chi connectivity index (χ1v) is 8.78. The normalized spacial score (nSPS) is 32.3. The third-order valence-corrected chi connectivity index (χ3v) is 4.79. The molecule has 0 bridgehead atoms. The number of hydrogen-bond acceptors (Lipinski definition) is 2. The van der Waals surface area contributed by atoms with Crippen LogP contribution in [-0.4, -0.2) is 50.1 Å². The van der Waals surface area contributed by atoms with Crippen molar-refractivity contribution in [2.24, 2.45) is 22.7 Å². The molecule has 1 heterocycles. The van der Waals surface area contributed by atoms with Gasteiger partial charge in [-0.25, -0.2) is 0 Å². The second-order valence-electron chi connectivity index (χ2n) is 7.38. The minimum absolute atomic E-state index is 0. The van der Waals surface area contributed by atoms with Gasteiger partial charge in [0.25, 0.3) is 0 Å². The van der Waals surface area contributed by atoms with Crippen LogP contribution in [0.2, 0.25) is 0 Å². The summed E-state index contributed by atoms with van der Waals surface area (Å²) < 4.78 is 0. The van der Waals surface area contributed by atoms with Crippen molar-refractivity contribution in [2.75, 3.05) is 33.2 Å². The van der Waals surface area contributed by atoms with Crippen molar-refractivity contribution in [1.29, 1.82) is 0 Å². The number of guanidine groups is 1. The molecule has 0 spiro atoms. The topological polar surface area (TPSA) is 39.7 Å². The van der Waals surface area contributed by atoms with Crippen molar-refractivity contribution < 1.29 is 0 Å². The van der Waals surface area contributed by atoms with Crippen LogP contribution in [0.15, 0.2) is 4.99 Å². The van der Waals surface area contributed by atoms with Crippen molar-refractivity contribution in [3.63, 3.8) is 0 Å². The van der Waals surface area contributed by atoms with E-state index < -0.39 is 0 Å². The lowest BCUT2D eigenvalue weighted by Gasteiger charge is -2.34. The van der Waals surface area contributed by atoms with E-state index in [0.717, 1.165) is 30.3 Å². The second-order valence-corrected chi connectivity index (χ2v) is 7.38. The summed E-state index contributed by atoms with van der Waals surface area (Å²) in [5, 5.41) is 6.91. The van der Waals surface area contributed by atoms with Gasteiger partial charge in [-0.1, -0.05) is 20.8 Å². The SMILES string of the molecule is CN=C(NCCCCN1CC(C)CC(C)C1)NC1CC1C.I. The van der Waals surface area contributed by atoms with Gasteiger partial charge in [0.2, 0.25) is 0 Å². The van der Waals surface area contributed by atoms with Gasteiger partial charge in [0.15, 0.2) is 5.96 Å². The molecule has 0 aromatic carbocycles. The third-order valence-electron chi connectivity index (χ3n) is 4.79. The van der Waals surface area contributed by atoms with Crippen molar-refractivity contribution in [2.45, 2.75) is 52.5 Å². The lowest BCUT2D eigenvalue weighted by atomic mass is 9.92. The van der Waals surface area contributed by atoms with E-state index in [1.165, 1.54) is 45.3 Å². The first-order valence-electron chi connectivity index (χ1n) is 8.78. The number of piperidine rings is 1. The summed E-state index contributed by atoms with van der Waals surface area (Å²) in [7, 11) is 1.86. The molecule has 2 aliphatic rings. The smallest absolute Gasteiger partial charge is 0.191 e. The molecule has 4 nitrogen and oxygen atoms in total. The summed E-state index contributed by atoms with van der Waals surface area (Å²) >= 11 is 0. The maximum absolute atomic E-state index is 4.29. The van der Waals surface area contributed by atoms with E-state index in [0.29, 0.717) is 6.04 Å². The van der Waals surface area contributed by atoms with Crippen molar-refractivity contribution in [3.05, 3.63) is 0 Å². The molecule has 1 saturated heterocycles. The summed E-state index contributed by atoms with van der Waals surface area (Å²) in [4.78, 5) is 6.94. The summed E-state index contributed by atoms with van der Waals surface area (Å²) in [6, 6.07) is 0.646. The summed E-state index contributed by atoms with van der Waals surface area (Å²) in [6.07, 6.45) is 5.19. The average Bonchev–Trinajstić information content (AvgIpc) is 3.11. The molecule has 1 aliphatic heterocycles. The Bertz CT molecular complexity index is 338. The molecule has 4 unspecified atom stereocenters. The molecular weight excluding hydrogens is 387 g/mol. The Morgan fingerprint density at radius 3 is 2.27 bits per heavy atom. The second kappa shape index (κ2) is 9.96. The molecule has 2 rings (SSSR count). The van der Waals surface area contributed by atoms with Crippen LogP contribution in [0.3, 0.4) is 0 Å². The molecule has 2 N–H and O–H groups in total. The summed E-state index contributed by atoms with van der Waals surface area (Å²) in [5.74, 6) is 3.53. The average molecular weight is 422 g/mol. The number of nitrogens with zero attached hydrogens (tertiary/aromatic N) is 2. The third kappa shape index (κ3) is 7.02. The van der Waals surface area contributed by atoms with Gasteiger partial charge in [-0.2, -0.15) is 0 Å². The maximum Gasteiger partial charge on any atom is 0.191 e. The van der Waals surface area contributed by atoms with Crippen LogP contribution >= 0.6 is 24.0 Å². The Morgan fingerprint density at radius 1 is 1.09 bits per heavy atom. The van der Waals surface area contributed by atoms with Gasteiger partial charge in [-0.15, -0.1) is 24.0 Å².